The fraction of sp³-hybridized carbons (Fsp3) is 0.400. The lowest BCUT2D eigenvalue weighted by molar-refractivity contribution is -0.137. The number of nitrogens with one attached hydrogen (secondary N) is 1. The largest absolute Gasteiger partial charge is 0.493 e. The van der Waals surface area contributed by atoms with Gasteiger partial charge in [0.05, 0.1) is 36.9 Å². The monoisotopic (exact) mass is 719 g/mol. The SMILES string of the molecule is CCOc1cc(C(F)(F)F)ccc1C1=NC(c2ccc(Cl)cc2)C(c2ccc(Cl)cc2)N1C(=O)N1CCC(NCC(=O)N(C)CCO)CC1. The van der Waals surface area contributed by atoms with Gasteiger partial charge in [-0.2, -0.15) is 13.2 Å². The zero-order chi connectivity index (χ0) is 35.3. The summed E-state index contributed by atoms with van der Waals surface area (Å²) in [5.41, 5.74) is 0.847. The van der Waals surface area contributed by atoms with Crippen LogP contribution in [-0.2, 0) is 11.0 Å². The van der Waals surface area contributed by atoms with Crippen molar-refractivity contribution >= 4 is 41.0 Å². The fourth-order valence-electron chi connectivity index (χ4n) is 6.08. The molecule has 1 fully saturated rings. The van der Waals surface area contributed by atoms with Crippen molar-refractivity contribution in [1.29, 1.82) is 0 Å². The molecule has 1 saturated heterocycles. The third-order valence-corrected chi connectivity index (χ3v) is 9.22. The summed E-state index contributed by atoms with van der Waals surface area (Å²) >= 11 is 12.5. The molecule has 2 aliphatic heterocycles. The van der Waals surface area contributed by atoms with Crippen LogP contribution in [0.1, 0.15) is 54.1 Å². The molecule has 0 radical (unpaired) electrons. The number of piperidine rings is 1. The highest BCUT2D eigenvalue weighted by molar-refractivity contribution is 6.30. The predicted molar refractivity (Wildman–Crippen MR) is 182 cm³/mol. The van der Waals surface area contributed by atoms with Gasteiger partial charge in [0.25, 0.3) is 0 Å². The summed E-state index contributed by atoms with van der Waals surface area (Å²) in [6.45, 7) is 2.72. The van der Waals surface area contributed by atoms with Gasteiger partial charge in [-0.25, -0.2) is 4.79 Å². The van der Waals surface area contributed by atoms with E-state index in [0.717, 1.165) is 23.3 Å². The van der Waals surface area contributed by atoms with E-state index < -0.39 is 23.8 Å². The van der Waals surface area contributed by atoms with Crippen molar-refractivity contribution in [1.82, 2.24) is 20.0 Å². The molecule has 3 amide bonds. The van der Waals surface area contributed by atoms with E-state index in [2.05, 4.69) is 5.32 Å². The third kappa shape index (κ3) is 8.49. The lowest BCUT2D eigenvalue weighted by atomic mass is 9.93. The quantitative estimate of drug-likeness (QED) is 0.247. The van der Waals surface area contributed by atoms with Gasteiger partial charge in [-0.05, 0) is 73.4 Å². The van der Waals surface area contributed by atoms with Crippen LogP contribution < -0.4 is 10.1 Å². The number of nitrogens with zero attached hydrogens (tertiary/aromatic N) is 4. The van der Waals surface area contributed by atoms with E-state index in [1.807, 2.05) is 24.3 Å². The van der Waals surface area contributed by atoms with Gasteiger partial charge in [-0.1, -0.05) is 47.5 Å². The van der Waals surface area contributed by atoms with Gasteiger partial charge in [-0.15, -0.1) is 0 Å². The molecule has 2 N–H and O–H groups in total. The number of urea groups is 1. The van der Waals surface area contributed by atoms with E-state index in [1.165, 1.54) is 11.0 Å². The molecule has 49 heavy (non-hydrogen) atoms. The van der Waals surface area contributed by atoms with Crippen LogP contribution in [0.25, 0.3) is 0 Å². The van der Waals surface area contributed by atoms with Crippen LogP contribution >= 0.6 is 23.2 Å². The summed E-state index contributed by atoms with van der Waals surface area (Å²) in [5.74, 6) is -0.00904. The molecule has 14 heteroatoms. The number of hydrogen-bond acceptors (Lipinski definition) is 6. The Bertz CT molecular complexity index is 1650. The Labute approximate surface area is 293 Å². The van der Waals surface area contributed by atoms with Gasteiger partial charge in [0.15, 0.2) is 0 Å². The minimum atomic E-state index is -4.60. The van der Waals surface area contributed by atoms with E-state index in [-0.39, 0.29) is 61.4 Å². The molecule has 0 saturated carbocycles. The summed E-state index contributed by atoms with van der Waals surface area (Å²) in [6.07, 6.45) is -3.47. The number of carbonyl (C=O) groups is 2. The number of benzene rings is 3. The van der Waals surface area contributed by atoms with Crippen molar-refractivity contribution in [3.8, 4) is 5.75 Å². The smallest absolute Gasteiger partial charge is 0.416 e. The Morgan fingerprint density at radius 2 is 1.61 bits per heavy atom. The van der Waals surface area contributed by atoms with E-state index in [4.69, 9.17) is 38.0 Å². The number of alkyl halides is 3. The number of hydrogen-bond donors (Lipinski definition) is 2. The Morgan fingerprint density at radius 1 is 1.00 bits per heavy atom. The topological polar surface area (TPSA) is 97.7 Å². The van der Waals surface area contributed by atoms with Crippen LogP contribution in [0, 0.1) is 0 Å². The number of likely N-dealkylation sites (tertiary alicyclic amines) is 1. The molecule has 0 spiro atoms. The molecule has 2 heterocycles. The molecule has 2 aliphatic rings. The first-order valence-electron chi connectivity index (χ1n) is 16.0. The highest BCUT2D eigenvalue weighted by atomic mass is 35.5. The molecule has 262 valence electrons. The van der Waals surface area contributed by atoms with Crippen LogP contribution in [0.4, 0.5) is 18.0 Å². The van der Waals surface area contributed by atoms with E-state index in [0.29, 0.717) is 36.0 Å². The number of ether oxygens (including phenoxy) is 1. The maximum atomic E-state index is 14.7. The average molecular weight is 721 g/mol. The zero-order valence-electron chi connectivity index (χ0n) is 27.1. The Hall–Kier alpha value is -3.84. The van der Waals surface area contributed by atoms with Gasteiger partial charge in [0, 0.05) is 42.8 Å². The second-order valence-electron chi connectivity index (χ2n) is 11.9. The van der Waals surface area contributed by atoms with Gasteiger partial charge in [0.1, 0.15) is 17.6 Å². The summed E-state index contributed by atoms with van der Waals surface area (Å²) in [4.78, 5) is 36.8. The van der Waals surface area contributed by atoms with Crippen molar-refractivity contribution in [3.05, 3.63) is 99.0 Å². The summed E-state index contributed by atoms with van der Waals surface area (Å²) < 4.78 is 47.1. The van der Waals surface area contributed by atoms with Crippen LogP contribution in [0.2, 0.25) is 10.0 Å². The number of aliphatic hydroxyl groups excluding tert-OH is 1. The number of amidine groups is 1. The molecular formula is C35H38Cl2F3N5O4. The number of rotatable bonds is 10. The second kappa shape index (κ2) is 15.8. The number of carbonyl (C=O) groups excluding carboxylic acids is 2. The maximum absolute atomic E-state index is 14.7. The molecule has 5 rings (SSSR count). The predicted octanol–water partition coefficient (Wildman–Crippen LogP) is 6.58. The normalized spacial score (nSPS) is 18.4. The first-order valence-corrected chi connectivity index (χ1v) is 16.8. The molecule has 0 aliphatic carbocycles. The Kier molecular flexibility index (Phi) is 11.7. The lowest BCUT2D eigenvalue weighted by Crippen LogP contribution is -2.52. The fourth-order valence-corrected chi connectivity index (χ4v) is 6.33. The van der Waals surface area contributed by atoms with Gasteiger partial charge in [-0.3, -0.25) is 14.7 Å². The lowest BCUT2D eigenvalue weighted by Gasteiger charge is -2.38. The molecular weight excluding hydrogens is 682 g/mol. The van der Waals surface area contributed by atoms with Crippen molar-refractivity contribution in [2.45, 2.75) is 44.1 Å². The Balaban J connectivity index is 1.52. The molecule has 0 aromatic heterocycles. The maximum Gasteiger partial charge on any atom is 0.416 e. The minimum Gasteiger partial charge on any atom is -0.493 e. The first-order chi connectivity index (χ1) is 23.4. The third-order valence-electron chi connectivity index (χ3n) is 8.71. The molecule has 3 aromatic rings. The number of aliphatic imine (C=N–C) groups is 1. The van der Waals surface area contributed by atoms with Crippen molar-refractivity contribution in [2.75, 3.05) is 46.4 Å². The number of likely N-dealkylation sites (N-methyl/N-ethyl adjacent to an activating group) is 1. The van der Waals surface area contributed by atoms with Gasteiger partial charge < -0.3 is 25.0 Å². The highest BCUT2D eigenvalue weighted by Crippen LogP contribution is 2.46. The standard InChI is InChI=1S/C35H38Cl2F3N5O4/c1-3-49-29-20-24(35(38,39)40)8-13-28(29)33-42-31(22-4-9-25(36)10-5-22)32(23-6-11-26(37)12-7-23)45(33)34(48)44-16-14-27(15-17-44)41-21-30(47)43(2)18-19-46/h4-13,20,27,31-32,41,46H,3,14-19,21H2,1-2H3. The summed E-state index contributed by atoms with van der Waals surface area (Å²) in [5, 5.41) is 13.4. The highest BCUT2D eigenvalue weighted by Gasteiger charge is 2.45. The molecule has 3 aromatic carbocycles. The van der Waals surface area contributed by atoms with Crippen molar-refractivity contribution in [2.24, 2.45) is 4.99 Å². The zero-order valence-corrected chi connectivity index (χ0v) is 28.6. The van der Waals surface area contributed by atoms with Crippen LogP contribution in [-0.4, -0.2) is 90.1 Å². The summed E-state index contributed by atoms with van der Waals surface area (Å²) in [6, 6.07) is 15.6. The average Bonchev–Trinajstić information content (AvgIpc) is 3.48. The second-order valence-corrected chi connectivity index (χ2v) is 12.8. The Morgan fingerprint density at radius 3 is 2.18 bits per heavy atom. The van der Waals surface area contributed by atoms with E-state index >= 15 is 0 Å². The van der Waals surface area contributed by atoms with Crippen LogP contribution in [0.15, 0.2) is 71.7 Å². The molecule has 0 bridgehead atoms. The van der Waals surface area contributed by atoms with E-state index in [1.54, 1.807) is 48.0 Å². The van der Waals surface area contributed by atoms with E-state index in [9.17, 15) is 22.8 Å². The number of amides is 3. The van der Waals surface area contributed by atoms with Crippen LogP contribution in [0.3, 0.4) is 0 Å². The van der Waals surface area contributed by atoms with Crippen LogP contribution in [0.5, 0.6) is 5.75 Å². The number of halogens is 5. The van der Waals surface area contributed by atoms with Gasteiger partial charge in [0.2, 0.25) is 5.91 Å². The molecule has 2 atom stereocenters. The van der Waals surface area contributed by atoms with Gasteiger partial charge >= 0.3 is 12.2 Å². The number of aliphatic hydroxyl groups is 1. The first kappa shape index (κ1) is 36.4. The minimum absolute atomic E-state index is 0.0180. The van der Waals surface area contributed by atoms with Crippen molar-refractivity contribution in [3.63, 3.8) is 0 Å². The molecule has 2 unspecified atom stereocenters. The van der Waals surface area contributed by atoms with Crippen molar-refractivity contribution < 1.29 is 32.6 Å². The summed E-state index contributed by atoms with van der Waals surface area (Å²) in [7, 11) is 1.62. The molecule has 9 nitrogen and oxygen atoms in total.